The highest BCUT2D eigenvalue weighted by atomic mass is 16.4. The van der Waals surface area contributed by atoms with Crippen molar-refractivity contribution in [2.75, 3.05) is 6.54 Å². The number of hydrogen-bond acceptors (Lipinski definition) is 7. The summed E-state index contributed by atoms with van der Waals surface area (Å²) in [6.45, 7) is 1.78. The lowest BCUT2D eigenvalue weighted by atomic mass is 10.1. The number of carbonyl (C=O) groups is 5. The summed E-state index contributed by atoms with van der Waals surface area (Å²) in [5, 5.41) is 16.8. The lowest BCUT2D eigenvalue weighted by Gasteiger charge is -2.23. The topological polar surface area (TPSA) is 220 Å². The van der Waals surface area contributed by atoms with Crippen LogP contribution in [0.3, 0.4) is 0 Å². The summed E-state index contributed by atoms with van der Waals surface area (Å²) in [6, 6.07) is 4.25. The van der Waals surface area contributed by atoms with E-state index in [1.807, 2.05) is 0 Å². The van der Waals surface area contributed by atoms with Crippen molar-refractivity contribution < 1.29 is 29.1 Å². The Morgan fingerprint density at radius 1 is 0.912 bits per heavy atom. The second-order valence-electron chi connectivity index (χ2n) is 7.94. The van der Waals surface area contributed by atoms with Crippen molar-refractivity contribution in [3.8, 4) is 0 Å². The molecule has 0 heterocycles. The molecule has 0 aliphatic heterocycles. The van der Waals surface area contributed by atoms with E-state index >= 15 is 0 Å². The molecular weight excluding hydrogens is 444 g/mol. The third-order valence-corrected chi connectivity index (χ3v) is 4.99. The van der Waals surface area contributed by atoms with Gasteiger partial charge in [-0.3, -0.25) is 19.2 Å². The van der Waals surface area contributed by atoms with Gasteiger partial charge < -0.3 is 38.3 Å². The van der Waals surface area contributed by atoms with E-state index in [0.29, 0.717) is 19.4 Å². The number of primary amides is 1. The smallest absolute Gasteiger partial charge is 0.326 e. The van der Waals surface area contributed by atoms with E-state index in [1.165, 1.54) is 6.92 Å². The third-order valence-electron chi connectivity index (χ3n) is 4.99. The van der Waals surface area contributed by atoms with E-state index in [0.717, 1.165) is 5.56 Å². The van der Waals surface area contributed by atoms with Crippen molar-refractivity contribution >= 4 is 29.6 Å². The molecule has 12 heteroatoms. The zero-order valence-corrected chi connectivity index (χ0v) is 19.2. The van der Waals surface area contributed by atoms with Crippen molar-refractivity contribution in [1.82, 2.24) is 16.0 Å². The van der Waals surface area contributed by atoms with Crippen molar-refractivity contribution in [1.29, 1.82) is 0 Å². The molecule has 0 saturated carbocycles. The molecule has 1 aromatic carbocycles. The SMILES string of the molecule is CC(NC(=O)C(CCCCN)NC(=O)C(N)CC(N)=O)C(=O)NC(Cc1ccccc1)C(=O)O. The molecule has 0 fully saturated rings. The predicted octanol–water partition coefficient (Wildman–Crippen LogP) is -1.88. The van der Waals surface area contributed by atoms with Crippen molar-refractivity contribution in [3.63, 3.8) is 0 Å². The fourth-order valence-electron chi connectivity index (χ4n) is 3.08. The van der Waals surface area contributed by atoms with E-state index in [2.05, 4.69) is 16.0 Å². The first-order valence-corrected chi connectivity index (χ1v) is 11.0. The van der Waals surface area contributed by atoms with Crippen LogP contribution in [-0.2, 0) is 30.4 Å². The summed E-state index contributed by atoms with van der Waals surface area (Å²) in [7, 11) is 0. The van der Waals surface area contributed by atoms with Gasteiger partial charge in [-0.05, 0) is 38.3 Å². The molecule has 0 aliphatic rings. The normalized spacial score (nSPS) is 14.2. The molecule has 4 unspecified atom stereocenters. The predicted molar refractivity (Wildman–Crippen MR) is 124 cm³/mol. The molecule has 0 saturated heterocycles. The monoisotopic (exact) mass is 478 g/mol. The number of rotatable bonds is 15. The number of unbranched alkanes of at least 4 members (excludes halogenated alkanes) is 1. The van der Waals surface area contributed by atoms with Crippen LogP contribution in [-0.4, -0.2) is 65.4 Å². The minimum Gasteiger partial charge on any atom is -0.480 e. The van der Waals surface area contributed by atoms with E-state index in [4.69, 9.17) is 17.2 Å². The maximum absolute atomic E-state index is 12.8. The number of carboxylic acids is 1. The van der Waals surface area contributed by atoms with Crippen molar-refractivity contribution in [2.24, 2.45) is 17.2 Å². The second-order valence-corrected chi connectivity index (χ2v) is 7.94. The zero-order chi connectivity index (χ0) is 25.7. The molecule has 1 aromatic rings. The van der Waals surface area contributed by atoms with Crippen LogP contribution in [0.4, 0.5) is 0 Å². The van der Waals surface area contributed by atoms with Gasteiger partial charge in [0.2, 0.25) is 23.6 Å². The molecule has 188 valence electrons. The Bertz CT molecular complexity index is 850. The fraction of sp³-hybridized carbons (Fsp3) is 0.500. The van der Waals surface area contributed by atoms with Gasteiger partial charge in [0.05, 0.1) is 12.5 Å². The number of aliphatic carboxylic acids is 1. The average Bonchev–Trinajstić information content (AvgIpc) is 2.77. The average molecular weight is 479 g/mol. The molecule has 10 N–H and O–H groups in total. The van der Waals surface area contributed by atoms with Gasteiger partial charge in [-0.2, -0.15) is 0 Å². The standard InChI is InChI=1S/C22H34N6O6/c1-13(19(30)28-17(22(33)34)11-14-7-3-2-4-8-14)26-21(32)16(9-5-6-10-23)27-20(31)15(24)12-18(25)29/h2-4,7-8,13,15-17H,5-6,9-12,23-24H2,1H3,(H2,25,29)(H,26,32)(H,27,31)(H,28,30)(H,33,34). The maximum Gasteiger partial charge on any atom is 0.326 e. The first-order chi connectivity index (χ1) is 16.0. The molecule has 1 rings (SSSR count). The van der Waals surface area contributed by atoms with Crippen molar-refractivity contribution in [3.05, 3.63) is 35.9 Å². The number of nitrogens with one attached hydrogen (secondary N) is 3. The summed E-state index contributed by atoms with van der Waals surface area (Å²) in [6.07, 6.45) is 1.01. The van der Waals surface area contributed by atoms with Crippen LogP contribution in [0.1, 0.15) is 38.2 Å². The summed E-state index contributed by atoms with van der Waals surface area (Å²) in [4.78, 5) is 60.2. The zero-order valence-electron chi connectivity index (χ0n) is 19.2. The van der Waals surface area contributed by atoms with Gasteiger partial charge in [-0.25, -0.2) is 4.79 Å². The Balaban J connectivity index is 2.78. The van der Waals surface area contributed by atoms with Gasteiger partial charge in [0, 0.05) is 6.42 Å². The van der Waals surface area contributed by atoms with Crippen LogP contribution >= 0.6 is 0 Å². The minimum atomic E-state index is -1.22. The molecule has 34 heavy (non-hydrogen) atoms. The van der Waals surface area contributed by atoms with Crippen molar-refractivity contribution in [2.45, 2.75) is 63.2 Å². The van der Waals surface area contributed by atoms with Gasteiger partial charge in [-0.1, -0.05) is 30.3 Å². The highest BCUT2D eigenvalue weighted by molar-refractivity contribution is 5.94. The summed E-state index contributed by atoms with van der Waals surface area (Å²) < 4.78 is 0. The van der Waals surface area contributed by atoms with Gasteiger partial charge in [0.15, 0.2) is 0 Å². The number of carboxylic acid groups (broad SMARTS) is 1. The highest BCUT2D eigenvalue weighted by Crippen LogP contribution is 2.05. The molecule has 0 radical (unpaired) electrons. The molecule has 0 spiro atoms. The van der Waals surface area contributed by atoms with Crippen LogP contribution in [0.2, 0.25) is 0 Å². The summed E-state index contributed by atoms with van der Waals surface area (Å²) in [5.41, 5.74) is 16.9. The molecule has 4 amide bonds. The Morgan fingerprint density at radius 2 is 1.53 bits per heavy atom. The molecule has 4 atom stereocenters. The quantitative estimate of drug-likeness (QED) is 0.141. The lowest BCUT2D eigenvalue weighted by molar-refractivity contribution is -0.142. The van der Waals surface area contributed by atoms with Crippen LogP contribution in [0.5, 0.6) is 0 Å². The summed E-state index contributed by atoms with van der Waals surface area (Å²) >= 11 is 0. The fourth-order valence-corrected chi connectivity index (χ4v) is 3.08. The van der Waals surface area contributed by atoms with Gasteiger partial charge in [0.1, 0.15) is 18.1 Å². The number of hydrogen-bond donors (Lipinski definition) is 7. The number of carbonyl (C=O) groups excluding carboxylic acids is 4. The lowest BCUT2D eigenvalue weighted by Crippen LogP contribution is -2.56. The van der Waals surface area contributed by atoms with Gasteiger partial charge >= 0.3 is 5.97 Å². The first-order valence-electron chi connectivity index (χ1n) is 11.0. The number of benzene rings is 1. The molecule has 0 bridgehead atoms. The minimum absolute atomic E-state index is 0.0676. The number of nitrogens with two attached hydrogens (primary N) is 3. The van der Waals surface area contributed by atoms with Crippen LogP contribution in [0.15, 0.2) is 30.3 Å². The van der Waals surface area contributed by atoms with E-state index < -0.39 is 53.8 Å². The summed E-state index contributed by atoms with van der Waals surface area (Å²) in [5.74, 6) is -4.08. The van der Waals surface area contributed by atoms with Crippen LogP contribution in [0, 0.1) is 0 Å². The van der Waals surface area contributed by atoms with Crippen LogP contribution < -0.4 is 33.2 Å². The first kappa shape index (κ1) is 28.5. The van der Waals surface area contributed by atoms with E-state index in [9.17, 15) is 29.1 Å². The van der Waals surface area contributed by atoms with Crippen LogP contribution in [0.25, 0.3) is 0 Å². The Morgan fingerprint density at radius 3 is 2.09 bits per heavy atom. The maximum atomic E-state index is 12.8. The molecule has 0 aromatic heterocycles. The third kappa shape index (κ3) is 10.4. The number of amides is 4. The molecular formula is C22H34N6O6. The van der Waals surface area contributed by atoms with E-state index in [1.54, 1.807) is 30.3 Å². The van der Waals surface area contributed by atoms with Gasteiger partial charge in [-0.15, -0.1) is 0 Å². The Hall–Kier alpha value is -3.51. The Labute approximate surface area is 198 Å². The Kier molecular flexibility index (Phi) is 12.2. The highest BCUT2D eigenvalue weighted by Gasteiger charge is 2.28. The van der Waals surface area contributed by atoms with Gasteiger partial charge in [0.25, 0.3) is 0 Å². The van der Waals surface area contributed by atoms with E-state index in [-0.39, 0.29) is 19.3 Å². The second kappa shape index (κ2) is 14.6. The molecule has 0 aliphatic carbocycles. The largest absolute Gasteiger partial charge is 0.480 e. The molecule has 12 nitrogen and oxygen atoms in total.